The number of hydrogen-bond acceptors (Lipinski definition) is 3. The number of carbonyl (C=O) groups excluding carboxylic acids is 2. The Labute approximate surface area is 283 Å². The van der Waals surface area contributed by atoms with Crippen LogP contribution in [0.2, 0.25) is 0 Å². The number of rotatable bonds is 4. The minimum atomic E-state index is -0.365. The van der Waals surface area contributed by atoms with Crippen molar-refractivity contribution < 1.29 is 9.59 Å². The molecule has 1 aliphatic rings. The second-order valence-electron chi connectivity index (χ2n) is 12.5. The molecule has 0 aliphatic carbocycles. The number of nitrogens with zero attached hydrogens (tertiary/aromatic N) is 4. The lowest BCUT2D eigenvalue weighted by atomic mass is 9.99. The standard InChI is InChI=1S/C43H28N4O2/c1-25-22-26(2)39(27(3)23-25)47-42(48)36-12-7-13-37(38(36)43(47)49)46-40-32(29-16-14-28(24-44)15-17-29)8-5-10-34(40)35-11-6-9-33(41(35)46)30-18-20-31(45-4)21-19-30/h5-23H,1-3H3. The summed E-state index contributed by atoms with van der Waals surface area (Å²) in [6.07, 6.45) is 0. The molecule has 1 aromatic heterocycles. The molecule has 232 valence electrons. The molecular weight excluding hydrogens is 604 g/mol. The van der Waals surface area contributed by atoms with E-state index in [-0.39, 0.29) is 11.8 Å². The highest BCUT2D eigenvalue weighted by atomic mass is 16.2. The number of hydrogen-bond donors (Lipinski definition) is 0. The van der Waals surface area contributed by atoms with Gasteiger partial charge in [-0.2, -0.15) is 5.26 Å². The lowest BCUT2D eigenvalue weighted by Gasteiger charge is -2.20. The summed E-state index contributed by atoms with van der Waals surface area (Å²) in [6, 6.07) is 39.0. The molecule has 0 spiro atoms. The highest BCUT2D eigenvalue weighted by Gasteiger charge is 2.40. The number of carbonyl (C=O) groups is 2. The first-order valence-electron chi connectivity index (χ1n) is 16.0. The zero-order valence-electron chi connectivity index (χ0n) is 27.1. The normalized spacial score (nSPS) is 12.4. The molecule has 6 heteroatoms. The molecule has 0 atom stereocenters. The molecule has 49 heavy (non-hydrogen) atoms. The van der Waals surface area contributed by atoms with Crippen molar-refractivity contribution in [3.05, 3.63) is 160 Å². The Balaban J connectivity index is 1.48. The largest absolute Gasteiger partial charge is 0.307 e. The van der Waals surface area contributed by atoms with E-state index in [2.05, 4.69) is 27.6 Å². The van der Waals surface area contributed by atoms with Gasteiger partial charge in [0.15, 0.2) is 5.69 Å². The lowest BCUT2D eigenvalue weighted by Crippen LogP contribution is -2.31. The van der Waals surface area contributed by atoms with Crippen molar-refractivity contribution in [2.75, 3.05) is 4.90 Å². The molecule has 0 bridgehead atoms. The van der Waals surface area contributed by atoms with Crippen molar-refractivity contribution in [2.24, 2.45) is 0 Å². The number of aryl methyl sites for hydroxylation is 3. The van der Waals surface area contributed by atoms with Crippen LogP contribution in [0.4, 0.5) is 11.4 Å². The Kier molecular flexibility index (Phi) is 6.77. The van der Waals surface area contributed by atoms with E-state index in [9.17, 15) is 14.9 Å². The van der Waals surface area contributed by atoms with Crippen molar-refractivity contribution in [1.82, 2.24) is 4.57 Å². The number of anilines is 1. The van der Waals surface area contributed by atoms with Gasteiger partial charge in [0.1, 0.15) is 0 Å². The molecule has 6 nitrogen and oxygen atoms in total. The highest BCUT2D eigenvalue weighted by Crippen LogP contribution is 2.44. The molecule has 0 saturated heterocycles. The maximum Gasteiger partial charge on any atom is 0.268 e. The Hall–Kier alpha value is -6.76. The van der Waals surface area contributed by atoms with E-state index < -0.39 is 0 Å². The smallest absolute Gasteiger partial charge is 0.268 e. The summed E-state index contributed by atoms with van der Waals surface area (Å²) in [6.45, 7) is 13.3. The zero-order chi connectivity index (χ0) is 34.0. The van der Waals surface area contributed by atoms with Gasteiger partial charge in [-0.15, -0.1) is 0 Å². The van der Waals surface area contributed by atoms with Crippen LogP contribution in [0.5, 0.6) is 0 Å². The van der Waals surface area contributed by atoms with E-state index in [0.717, 1.165) is 60.8 Å². The third-order valence-corrected chi connectivity index (χ3v) is 9.43. The molecular formula is C43H28N4O2. The molecule has 8 rings (SSSR count). The molecule has 0 saturated carbocycles. The number of imide groups is 1. The summed E-state index contributed by atoms with van der Waals surface area (Å²) in [5.74, 6) is -0.713. The predicted molar refractivity (Wildman–Crippen MR) is 194 cm³/mol. The summed E-state index contributed by atoms with van der Waals surface area (Å²) in [4.78, 5) is 33.8. The topological polar surface area (TPSA) is 70.5 Å². The van der Waals surface area contributed by atoms with Crippen LogP contribution >= 0.6 is 0 Å². The maximum absolute atomic E-state index is 14.7. The lowest BCUT2D eigenvalue weighted by molar-refractivity contribution is 0.0925. The van der Waals surface area contributed by atoms with E-state index in [1.807, 2.05) is 106 Å². The quantitative estimate of drug-likeness (QED) is 0.143. The molecule has 0 fully saturated rings. The Morgan fingerprint density at radius 1 is 0.653 bits per heavy atom. The Morgan fingerprint density at radius 2 is 1.18 bits per heavy atom. The van der Waals surface area contributed by atoms with Gasteiger partial charge >= 0.3 is 0 Å². The van der Waals surface area contributed by atoms with Gasteiger partial charge in [-0.3, -0.25) is 9.59 Å². The van der Waals surface area contributed by atoms with E-state index >= 15 is 0 Å². The third-order valence-electron chi connectivity index (χ3n) is 9.43. The molecule has 7 aromatic rings. The molecule has 2 amide bonds. The van der Waals surface area contributed by atoms with Crippen LogP contribution in [0.1, 0.15) is 43.0 Å². The number of fused-ring (bicyclic) bond motifs is 4. The third kappa shape index (κ3) is 4.47. The van der Waals surface area contributed by atoms with E-state index in [1.165, 1.54) is 4.90 Å². The summed E-state index contributed by atoms with van der Waals surface area (Å²) < 4.78 is 2.12. The van der Waals surface area contributed by atoms with Crippen molar-refractivity contribution in [2.45, 2.75) is 20.8 Å². The SMILES string of the molecule is [C-]#[N+]c1ccc(-c2cccc3c4cccc(-c5ccc(C#N)cc5)c4n(-c4cccc5c4C(=O)N(c4c(C)cc(C)cc4C)C5=O)c23)cc1. The minimum absolute atomic E-state index is 0.346. The fraction of sp³-hybridized carbons (Fsp3) is 0.0698. The average Bonchev–Trinajstić information content (AvgIpc) is 3.59. The van der Waals surface area contributed by atoms with Crippen molar-refractivity contribution in [1.29, 1.82) is 5.26 Å². The van der Waals surface area contributed by atoms with Crippen molar-refractivity contribution >= 4 is 45.0 Å². The molecule has 0 N–H and O–H groups in total. The van der Waals surface area contributed by atoms with Gasteiger partial charge in [0.25, 0.3) is 11.8 Å². The molecule has 0 unspecified atom stereocenters. The van der Waals surface area contributed by atoms with Gasteiger partial charge in [-0.1, -0.05) is 96.6 Å². The van der Waals surface area contributed by atoms with Crippen molar-refractivity contribution in [3.63, 3.8) is 0 Å². The first-order chi connectivity index (χ1) is 23.8. The van der Waals surface area contributed by atoms with Crippen LogP contribution in [0.3, 0.4) is 0 Å². The Bertz CT molecular complexity index is 2490. The molecule has 1 aliphatic heterocycles. The fourth-order valence-corrected chi connectivity index (χ4v) is 7.44. The van der Waals surface area contributed by atoms with Gasteiger partial charge in [-0.25, -0.2) is 9.74 Å². The van der Waals surface area contributed by atoms with E-state index in [1.54, 1.807) is 18.2 Å². The second kappa shape index (κ2) is 11.2. The van der Waals surface area contributed by atoms with Crippen molar-refractivity contribution in [3.8, 4) is 34.0 Å². The Morgan fingerprint density at radius 3 is 1.73 bits per heavy atom. The van der Waals surface area contributed by atoms with Crippen LogP contribution in [-0.2, 0) is 0 Å². The summed E-state index contributed by atoms with van der Waals surface area (Å²) in [7, 11) is 0. The zero-order valence-corrected chi connectivity index (χ0v) is 27.1. The van der Waals surface area contributed by atoms with E-state index in [0.29, 0.717) is 33.8 Å². The monoisotopic (exact) mass is 632 g/mol. The number of aromatic nitrogens is 1. The molecule has 0 radical (unpaired) electrons. The van der Waals surface area contributed by atoms with Crippen LogP contribution in [0, 0.1) is 38.7 Å². The van der Waals surface area contributed by atoms with Gasteiger partial charge in [0.2, 0.25) is 0 Å². The van der Waals surface area contributed by atoms with Crippen LogP contribution in [0.25, 0.3) is 54.6 Å². The van der Waals surface area contributed by atoms with E-state index in [4.69, 9.17) is 6.57 Å². The van der Waals surface area contributed by atoms with Gasteiger partial charge in [-0.05, 0) is 67.3 Å². The maximum atomic E-state index is 14.7. The molecule has 6 aromatic carbocycles. The average molecular weight is 633 g/mol. The fourth-order valence-electron chi connectivity index (χ4n) is 7.44. The second-order valence-corrected chi connectivity index (χ2v) is 12.5. The van der Waals surface area contributed by atoms with Crippen LogP contribution in [-0.4, -0.2) is 16.4 Å². The highest BCUT2D eigenvalue weighted by molar-refractivity contribution is 6.36. The summed E-state index contributed by atoms with van der Waals surface area (Å²) >= 11 is 0. The first-order valence-corrected chi connectivity index (χ1v) is 16.0. The van der Waals surface area contributed by atoms with Gasteiger partial charge in [0, 0.05) is 21.9 Å². The van der Waals surface area contributed by atoms with Crippen LogP contribution < -0.4 is 4.90 Å². The summed E-state index contributed by atoms with van der Waals surface area (Å²) in [5.41, 5.74) is 11.2. The number of benzene rings is 6. The van der Waals surface area contributed by atoms with Gasteiger partial charge < -0.3 is 4.57 Å². The number of amides is 2. The minimum Gasteiger partial charge on any atom is -0.307 e. The predicted octanol–water partition coefficient (Wildman–Crippen LogP) is 10.3. The number of para-hydroxylation sites is 2. The first kappa shape index (κ1) is 29.6. The molecule has 2 heterocycles. The number of nitriles is 1. The van der Waals surface area contributed by atoms with Crippen LogP contribution in [0.15, 0.2) is 115 Å². The summed E-state index contributed by atoms with van der Waals surface area (Å²) in [5, 5.41) is 11.4. The van der Waals surface area contributed by atoms with Gasteiger partial charge in [0.05, 0.1) is 51.7 Å².